The Morgan fingerprint density at radius 3 is 2.74 bits per heavy atom. The van der Waals surface area contributed by atoms with Crippen LogP contribution in [0.15, 0.2) is 12.1 Å². The predicted molar refractivity (Wildman–Crippen MR) is 77.4 cm³/mol. The van der Waals surface area contributed by atoms with Crippen LogP contribution in [0.25, 0.3) is 0 Å². The minimum atomic E-state index is -0.301. The number of benzene rings is 1. The van der Waals surface area contributed by atoms with Gasteiger partial charge >= 0.3 is 0 Å². The summed E-state index contributed by atoms with van der Waals surface area (Å²) >= 11 is 0. The van der Waals surface area contributed by atoms with Crippen molar-refractivity contribution >= 4 is 17.3 Å². The monoisotopic (exact) mass is 262 g/mol. The second kappa shape index (κ2) is 4.85. The molecule has 1 amide bonds. The van der Waals surface area contributed by atoms with Crippen LogP contribution in [0.1, 0.15) is 31.9 Å². The highest BCUT2D eigenvalue weighted by Crippen LogP contribution is 2.32. The molecule has 1 aliphatic heterocycles. The number of nitrogens with two attached hydrogens (primary N) is 1. The highest BCUT2D eigenvalue weighted by atomic mass is 16.5. The molecule has 0 fully saturated rings. The molecule has 104 valence electrons. The van der Waals surface area contributed by atoms with E-state index in [1.807, 2.05) is 33.8 Å². The third-order valence-corrected chi connectivity index (χ3v) is 3.29. The van der Waals surface area contributed by atoms with Crippen LogP contribution >= 0.6 is 0 Å². The summed E-state index contributed by atoms with van der Waals surface area (Å²) in [6.45, 7) is 8.64. The van der Waals surface area contributed by atoms with Gasteiger partial charge in [0.1, 0.15) is 6.61 Å². The van der Waals surface area contributed by atoms with Gasteiger partial charge < -0.3 is 15.4 Å². The molecule has 1 aromatic carbocycles. The first kappa shape index (κ1) is 13.9. The maximum Gasteiger partial charge on any atom is 0.253 e. The van der Waals surface area contributed by atoms with Crippen molar-refractivity contribution in [2.75, 3.05) is 23.8 Å². The molecule has 1 aromatic rings. The van der Waals surface area contributed by atoms with Crippen LogP contribution in [-0.4, -0.2) is 24.7 Å². The smallest absolute Gasteiger partial charge is 0.253 e. The summed E-state index contributed by atoms with van der Waals surface area (Å²) in [5.74, 6) is -0.00284. The van der Waals surface area contributed by atoms with E-state index >= 15 is 0 Å². The lowest BCUT2D eigenvalue weighted by Gasteiger charge is -2.23. The first-order valence-electron chi connectivity index (χ1n) is 6.61. The van der Waals surface area contributed by atoms with Crippen molar-refractivity contribution in [1.29, 1.82) is 0 Å². The van der Waals surface area contributed by atoms with Gasteiger partial charge in [-0.05, 0) is 51.3 Å². The van der Waals surface area contributed by atoms with Crippen molar-refractivity contribution in [2.24, 2.45) is 0 Å². The lowest BCUT2D eigenvalue weighted by atomic mass is 10.1. The number of fused-ring (bicyclic) bond motifs is 1. The molecule has 0 spiro atoms. The number of rotatable bonds is 2. The molecular formula is C15H22N2O2. The van der Waals surface area contributed by atoms with E-state index in [9.17, 15) is 4.79 Å². The van der Waals surface area contributed by atoms with Gasteiger partial charge in [0.25, 0.3) is 5.91 Å². The van der Waals surface area contributed by atoms with E-state index in [1.54, 1.807) is 4.90 Å². The van der Waals surface area contributed by atoms with Crippen molar-refractivity contribution in [3.05, 3.63) is 23.3 Å². The fourth-order valence-corrected chi connectivity index (χ4v) is 2.19. The summed E-state index contributed by atoms with van der Waals surface area (Å²) < 4.78 is 5.55. The van der Waals surface area contributed by atoms with Gasteiger partial charge in [-0.15, -0.1) is 0 Å². The molecule has 0 aliphatic carbocycles. The molecule has 1 heterocycles. The number of hydrogen-bond donors (Lipinski definition) is 1. The fourth-order valence-electron chi connectivity index (χ4n) is 2.19. The van der Waals surface area contributed by atoms with Crippen LogP contribution in [0.2, 0.25) is 0 Å². The number of aryl methyl sites for hydroxylation is 1. The van der Waals surface area contributed by atoms with Crippen molar-refractivity contribution in [3.63, 3.8) is 0 Å². The number of nitrogens with zero attached hydrogens (tertiary/aromatic N) is 1. The van der Waals surface area contributed by atoms with Crippen molar-refractivity contribution in [2.45, 2.75) is 39.7 Å². The van der Waals surface area contributed by atoms with E-state index < -0.39 is 0 Å². The van der Waals surface area contributed by atoms with Crippen LogP contribution in [0.3, 0.4) is 0 Å². The lowest BCUT2D eigenvalue weighted by molar-refractivity contribution is -0.127. The molecule has 0 aromatic heterocycles. The number of amides is 1. The third-order valence-electron chi connectivity index (χ3n) is 3.29. The summed E-state index contributed by atoms with van der Waals surface area (Å²) in [4.78, 5) is 14.0. The Balaban J connectivity index is 2.14. The second-order valence-electron chi connectivity index (χ2n) is 6.03. The summed E-state index contributed by atoms with van der Waals surface area (Å²) in [6, 6.07) is 3.97. The Morgan fingerprint density at radius 1 is 1.42 bits per heavy atom. The predicted octanol–water partition coefficient (Wildman–Crippen LogP) is 2.28. The largest absolute Gasteiger partial charge is 0.398 e. The van der Waals surface area contributed by atoms with E-state index in [0.717, 1.165) is 23.4 Å². The van der Waals surface area contributed by atoms with Crippen LogP contribution < -0.4 is 10.6 Å². The molecule has 2 rings (SSSR count). The summed E-state index contributed by atoms with van der Waals surface area (Å²) in [6.07, 6.45) is 0.887. The molecule has 4 heteroatoms. The van der Waals surface area contributed by atoms with Gasteiger partial charge in [0.05, 0.1) is 5.60 Å². The van der Waals surface area contributed by atoms with Gasteiger partial charge in [-0.25, -0.2) is 0 Å². The van der Waals surface area contributed by atoms with Crippen LogP contribution in [0, 0.1) is 6.92 Å². The van der Waals surface area contributed by atoms with Crippen molar-refractivity contribution in [3.8, 4) is 0 Å². The Hall–Kier alpha value is -1.55. The topological polar surface area (TPSA) is 55.6 Å². The minimum absolute atomic E-state index is 0.00284. The van der Waals surface area contributed by atoms with Gasteiger partial charge in [0.2, 0.25) is 0 Å². The Morgan fingerprint density at radius 2 is 2.11 bits per heavy atom. The third kappa shape index (κ3) is 3.07. The minimum Gasteiger partial charge on any atom is -0.398 e. The Labute approximate surface area is 114 Å². The zero-order valence-electron chi connectivity index (χ0n) is 12.1. The van der Waals surface area contributed by atoms with E-state index in [-0.39, 0.29) is 18.1 Å². The molecular weight excluding hydrogens is 240 g/mol. The van der Waals surface area contributed by atoms with Gasteiger partial charge in [-0.3, -0.25) is 4.79 Å². The Kier molecular flexibility index (Phi) is 3.54. The van der Waals surface area contributed by atoms with E-state index in [2.05, 4.69) is 6.07 Å². The van der Waals surface area contributed by atoms with Gasteiger partial charge in [0.15, 0.2) is 0 Å². The highest BCUT2D eigenvalue weighted by molar-refractivity contribution is 5.97. The number of nitrogen functional groups attached to an aromatic ring is 1. The highest BCUT2D eigenvalue weighted by Gasteiger charge is 2.26. The average molecular weight is 262 g/mol. The van der Waals surface area contributed by atoms with E-state index in [0.29, 0.717) is 6.54 Å². The lowest BCUT2D eigenvalue weighted by Crippen LogP contribution is -2.35. The number of carbonyl (C=O) groups is 1. The standard InChI is InChI=1S/C15H22N2O2/c1-10-7-11-5-6-17(13(11)8-12(10)16)14(18)9-19-15(2,3)4/h7-8H,5-6,9,16H2,1-4H3. The molecule has 0 saturated heterocycles. The van der Waals surface area contributed by atoms with Gasteiger partial charge in [0, 0.05) is 17.9 Å². The molecule has 0 bridgehead atoms. The number of carbonyl (C=O) groups excluding carboxylic acids is 1. The number of ether oxygens (including phenoxy) is 1. The van der Waals surface area contributed by atoms with Crippen LogP contribution in [-0.2, 0) is 16.0 Å². The van der Waals surface area contributed by atoms with E-state index in [4.69, 9.17) is 10.5 Å². The average Bonchev–Trinajstić information content (AvgIpc) is 2.69. The van der Waals surface area contributed by atoms with Crippen molar-refractivity contribution < 1.29 is 9.53 Å². The Bertz CT molecular complexity index is 504. The van der Waals surface area contributed by atoms with Crippen LogP contribution in [0.5, 0.6) is 0 Å². The van der Waals surface area contributed by atoms with E-state index in [1.165, 1.54) is 5.56 Å². The van der Waals surface area contributed by atoms with Gasteiger partial charge in [-0.1, -0.05) is 6.07 Å². The van der Waals surface area contributed by atoms with Gasteiger partial charge in [-0.2, -0.15) is 0 Å². The number of hydrogen-bond acceptors (Lipinski definition) is 3. The second-order valence-corrected chi connectivity index (χ2v) is 6.03. The molecule has 0 saturated carbocycles. The zero-order valence-corrected chi connectivity index (χ0v) is 12.1. The maximum atomic E-state index is 12.2. The summed E-state index contributed by atoms with van der Waals surface area (Å²) in [5.41, 5.74) is 9.55. The molecule has 2 N–H and O–H groups in total. The quantitative estimate of drug-likeness (QED) is 0.832. The molecule has 0 atom stereocenters. The summed E-state index contributed by atoms with van der Waals surface area (Å²) in [7, 11) is 0. The van der Waals surface area contributed by atoms with Crippen molar-refractivity contribution in [1.82, 2.24) is 0 Å². The molecule has 0 unspecified atom stereocenters. The maximum absolute atomic E-state index is 12.2. The molecule has 4 nitrogen and oxygen atoms in total. The fraction of sp³-hybridized carbons (Fsp3) is 0.533. The zero-order chi connectivity index (χ0) is 14.2. The van der Waals surface area contributed by atoms with Crippen LogP contribution in [0.4, 0.5) is 11.4 Å². The number of anilines is 2. The first-order valence-corrected chi connectivity index (χ1v) is 6.61. The molecule has 1 aliphatic rings. The summed E-state index contributed by atoms with van der Waals surface area (Å²) in [5, 5.41) is 0. The normalized spacial score (nSPS) is 14.6. The first-order chi connectivity index (χ1) is 8.78. The SMILES string of the molecule is Cc1cc2c(cc1N)N(C(=O)COC(C)(C)C)CC2. The molecule has 19 heavy (non-hydrogen) atoms. The molecule has 0 radical (unpaired) electrons.